The molecule has 1 aromatic rings. The number of anilines is 2. The summed E-state index contributed by atoms with van der Waals surface area (Å²) in [4.78, 5) is 26.5. The fraction of sp³-hybridized carbons (Fsp3) is 0.400. The number of rotatable bonds is 5. The van der Waals surface area contributed by atoms with E-state index < -0.39 is 4.92 Å². The van der Waals surface area contributed by atoms with Gasteiger partial charge in [-0.25, -0.2) is 4.98 Å². The smallest absolute Gasteiger partial charge is 0.311 e. The highest BCUT2D eigenvalue weighted by Gasteiger charge is 2.12. The van der Waals surface area contributed by atoms with E-state index >= 15 is 0 Å². The number of nitrogens with zero attached hydrogens (tertiary/aromatic N) is 3. The highest BCUT2D eigenvalue weighted by molar-refractivity contribution is 5.76. The molecule has 0 spiro atoms. The molecule has 1 aromatic heterocycles. The first kappa shape index (κ1) is 13.7. The van der Waals surface area contributed by atoms with Crippen molar-refractivity contribution in [3.05, 3.63) is 22.2 Å². The fourth-order valence-corrected chi connectivity index (χ4v) is 1.24. The highest BCUT2D eigenvalue weighted by atomic mass is 16.6. The number of amides is 1. The predicted octanol–water partition coefficient (Wildman–Crippen LogP) is 0.462. The third kappa shape index (κ3) is 3.58. The lowest BCUT2D eigenvalue weighted by Crippen LogP contribution is -2.24. The van der Waals surface area contributed by atoms with Crippen LogP contribution in [0.15, 0.2) is 12.1 Å². The Labute approximate surface area is 104 Å². The number of nitrogens with two attached hydrogens (primary N) is 1. The zero-order valence-corrected chi connectivity index (χ0v) is 10.2. The molecule has 0 aliphatic heterocycles. The van der Waals surface area contributed by atoms with Gasteiger partial charge in [0.2, 0.25) is 11.7 Å². The van der Waals surface area contributed by atoms with Crippen LogP contribution in [0, 0.1) is 10.1 Å². The summed E-state index contributed by atoms with van der Waals surface area (Å²) in [5.41, 5.74) is 5.20. The Bertz CT molecular complexity index is 461. The van der Waals surface area contributed by atoms with Crippen LogP contribution in [0.3, 0.4) is 0 Å². The van der Waals surface area contributed by atoms with Crippen LogP contribution in [-0.4, -0.2) is 41.4 Å². The summed E-state index contributed by atoms with van der Waals surface area (Å²) in [6, 6.07) is 2.73. The normalized spacial score (nSPS) is 9.89. The first-order chi connectivity index (χ1) is 8.41. The molecule has 0 atom stereocenters. The number of hydrogen-bond donors (Lipinski definition) is 2. The number of carbonyl (C=O) groups excluding carboxylic acids is 1. The van der Waals surface area contributed by atoms with Crippen LogP contribution in [0.1, 0.15) is 6.42 Å². The number of carbonyl (C=O) groups is 1. The Kier molecular flexibility index (Phi) is 4.41. The molecule has 0 saturated heterocycles. The molecule has 1 amide bonds. The number of nitrogen functional groups attached to an aromatic ring is 1. The molecule has 3 N–H and O–H groups in total. The van der Waals surface area contributed by atoms with Crippen LogP contribution in [0.2, 0.25) is 0 Å². The van der Waals surface area contributed by atoms with E-state index in [0.717, 1.165) is 0 Å². The van der Waals surface area contributed by atoms with E-state index in [4.69, 9.17) is 5.73 Å². The average molecular weight is 253 g/mol. The van der Waals surface area contributed by atoms with Crippen molar-refractivity contribution in [3.63, 3.8) is 0 Å². The summed E-state index contributed by atoms with van der Waals surface area (Å²) in [6.45, 7) is 0.390. The molecular weight excluding hydrogens is 238 g/mol. The summed E-state index contributed by atoms with van der Waals surface area (Å²) >= 11 is 0. The largest absolute Gasteiger partial charge is 0.378 e. The number of hydrogen-bond acceptors (Lipinski definition) is 6. The summed E-state index contributed by atoms with van der Waals surface area (Å²) in [5, 5.41) is 13.4. The van der Waals surface area contributed by atoms with Crippen LogP contribution in [0.5, 0.6) is 0 Å². The lowest BCUT2D eigenvalue weighted by Gasteiger charge is -2.10. The molecule has 0 bridgehead atoms. The van der Waals surface area contributed by atoms with Gasteiger partial charge >= 0.3 is 5.69 Å². The molecule has 0 aromatic carbocycles. The van der Waals surface area contributed by atoms with Crippen molar-refractivity contribution < 1.29 is 9.72 Å². The van der Waals surface area contributed by atoms with Crippen LogP contribution in [-0.2, 0) is 4.79 Å². The lowest BCUT2D eigenvalue weighted by molar-refractivity contribution is -0.384. The molecule has 0 aliphatic rings. The van der Waals surface area contributed by atoms with E-state index in [2.05, 4.69) is 10.3 Å². The first-order valence-electron chi connectivity index (χ1n) is 5.26. The van der Waals surface area contributed by atoms with Gasteiger partial charge in [-0.15, -0.1) is 0 Å². The van der Waals surface area contributed by atoms with Crippen molar-refractivity contribution in [2.45, 2.75) is 6.42 Å². The van der Waals surface area contributed by atoms with Gasteiger partial charge in [0, 0.05) is 33.1 Å². The fourth-order valence-electron chi connectivity index (χ4n) is 1.24. The first-order valence-corrected chi connectivity index (χ1v) is 5.26. The average Bonchev–Trinajstić information content (AvgIpc) is 2.28. The van der Waals surface area contributed by atoms with E-state index in [-0.39, 0.29) is 17.4 Å². The summed E-state index contributed by atoms with van der Waals surface area (Å²) < 4.78 is 0. The van der Waals surface area contributed by atoms with Gasteiger partial charge in [0.15, 0.2) is 0 Å². The van der Waals surface area contributed by atoms with Gasteiger partial charge in [-0.1, -0.05) is 0 Å². The Balaban J connectivity index is 2.57. The van der Waals surface area contributed by atoms with Crippen molar-refractivity contribution in [3.8, 4) is 0 Å². The van der Waals surface area contributed by atoms with E-state index in [0.29, 0.717) is 18.8 Å². The van der Waals surface area contributed by atoms with Gasteiger partial charge in [-0.2, -0.15) is 0 Å². The standard InChI is InChI=1S/C10H15N5O3/c1-14(2)9(16)5-6-12-8-4-3-7(15(17)18)10(11)13-8/h3-4H,5-6H2,1-2H3,(H3,11,12,13). The quantitative estimate of drug-likeness (QED) is 0.582. The number of nitro groups is 1. The lowest BCUT2D eigenvalue weighted by atomic mass is 10.3. The van der Waals surface area contributed by atoms with Crippen LogP contribution in [0.4, 0.5) is 17.3 Å². The Morgan fingerprint density at radius 2 is 2.22 bits per heavy atom. The molecule has 18 heavy (non-hydrogen) atoms. The molecular formula is C10H15N5O3. The minimum Gasteiger partial charge on any atom is -0.378 e. The molecule has 0 saturated carbocycles. The van der Waals surface area contributed by atoms with Gasteiger partial charge in [-0.05, 0) is 6.07 Å². The zero-order chi connectivity index (χ0) is 13.7. The third-order valence-electron chi connectivity index (χ3n) is 2.24. The zero-order valence-electron chi connectivity index (χ0n) is 10.2. The van der Waals surface area contributed by atoms with Crippen molar-refractivity contribution >= 4 is 23.2 Å². The van der Waals surface area contributed by atoms with Gasteiger partial charge in [0.25, 0.3) is 0 Å². The van der Waals surface area contributed by atoms with Gasteiger partial charge < -0.3 is 16.0 Å². The molecule has 0 fully saturated rings. The molecule has 1 rings (SSSR count). The number of pyridine rings is 1. The van der Waals surface area contributed by atoms with E-state index in [9.17, 15) is 14.9 Å². The van der Waals surface area contributed by atoms with E-state index in [1.807, 2.05) is 0 Å². The predicted molar refractivity (Wildman–Crippen MR) is 67.1 cm³/mol. The van der Waals surface area contributed by atoms with Crippen molar-refractivity contribution in [2.75, 3.05) is 31.7 Å². The summed E-state index contributed by atoms with van der Waals surface area (Å²) in [5.74, 6) is 0.242. The monoisotopic (exact) mass is 253 g/mol. The third-order valence-corrected chi connectivity index (χ3v) is 2.24. The second kappa shape index (κ2) is 5.80. The topological polar surface area (TPSA) is 114 Å². The van der Waals surface area contributed by atoms with Crippen LogP contribution < -0.4 is 11.1 Å². The van der Waals surface area contributed by atoms with E-state index in [1.54, 1.807) is 14.1 Å². The molecule has 8 nitrogen and oxygen atoms in total. The number of nitrogens with one attached hydrogen (secondary N) is 1. The molecule has 0 aliphatic carbocycles. The van der Waals surface area contributed by atoms with Crippen LogP contribution in [0.25, 0.3) is 0 Å². The minimum absolute atomic E-state index is 0.0163. The van der Waals surface area contributed by atoms with Gasteiger partial charge in [-0.3, -0.25) is 14.9 Å². The maximum Gasteiger partial charge on any atom is 0.311 e. The Hall–Kier alpha value is -2.38. The molecule has 0 radical (unpaired) electrons. The highest BCUT2D eigenvalue weighted by Crippen LogP contribution is 2.20. The molecule has 8 heteroatoms. The second-order valence-electron chi connectivity index (χ2n) is 3.82. The van der Waals surface area contributed by atoms with E-state index in [1.165, 1.54) is 17.0 Å². The maximum atomic E-state index is 11.3. The molecule has 1 heterocycles. The second-order valence-corrected chi connectivity index (χ2v) is 3.82. The van der Waals surface area contributed by atoms with Gasteiger partial charge in [0.1, 0.15) is 5.82 Å². The van der Waals surface area contributed by atoms with Crippen molar-refractivity contribution in [1.82, 2.24) is 9.88 Å². The van der Waals surface area contributed by atoms with Crippen LogP contribution >= 0.6 is 0 Å². The molecule has 0 unspecified atom stereocenters. The Morgan fingerprint density at radius 3 is 2.72 bits per heavy atom. The minimum atomic E-state index is -0.596. The Morgan fingerprint density at radius 1 is 1.56 bits per heavy atom. The van der Waals surface area contributed by atoms with Crippen molar-refractivity contribution in [1.29, 1.82) is 0 Å². The SMILES string of the molecule is CN(C)C(=O)CCNc1ccc([N+](=O)[O-])c(N)n1. The maximum absolute atomic E-state index is 11.3. The van der Waals surface area contributed by atoms with Gasteiger partial charge in [0.05, 0.1) is 4.92 Å². The summed E-state index contributed by atoms with van der Waals surface area (Å²) in [6.07, 6.45) is 0.311. The molecule has 98 valence electrons. The van der Waals surface area contributed by atoms with Crippen molar-refractivity contribution in [2.24, 2.45) is 0 Å². The summed E-state index contributed by atoms with van der Waals surface area (Å²) in [7, 11) is 3.34. The number of aromatic nitrogens is 1.